The molecule has 1 fully saturated rings. The van der Waals surface area contributed by atoms with Crippen molar-refractivity contribution in [3.05, 3.63) is 11.9 Å². The van der Waals surface area contributed by atoms with Crippen LogP contribution in [-0.2, 0) is 36.9 Å². The molecule has 0 bridgehead atoms. The average molecular weight is 439 g/mol. The van der Waals surface area contributed by atoms with Gasteiger partial charge in [0.05, 0.1) is 58.2 Å². The smallest absolute Gasteiger partial charge is 0.233 e. The average Bonchev–Trinajstić information content (AvgIpc) is 3.25. The summed E-state index contributed by atoms with van der Waals surface area (Å²) in [6.45, 7) is 14.4. The molecule has 0 saturated carbocycles. The van der Waals surface area contributed by atoms with Crippen LogP contribution in [0.15, 0.2) is 6.20 Å². The van der Waals surface area contributed by atoms with E-state index in [-0.39, 0.29) is 36.1 Å². The van der Waals surface area contributed by atoms with E-state index in [2.05, 4.69) is 24.2 Å². The molecule has 2 heterocycles. The number of aromatic nitrogens is 3. The van der Waals surface area contributed by atoms with Gasteiger partial charge in [-0.1, -0.05) is 39.8 Å². The number of ether oxygens (including phenoxy) is 3. The number of carbonyl (C=O) groups is 2. The van der Waals surface area contributed by atoms with E-state index in [0.717, 1.165) is 13.0 Å². The first-order valence-corrected chi connectivity index (χ1v) is 11.1. The van der Waals surface area contributed by atoms with Crippen LogP contribution in [0.2, 0.25) is 0 Å². The second-order valence-electron chi connectivity index (χ2n) is 9.43. The fraction of sp³-hybridized carbons (Fsp3) is 0.818. The Balaban J connectivity index is 1.58. The molecule has 1 aromatic heterocycles. The highest BCUT2D eigenvalue weighted by atomic mass is 16.5. The van der Waals surface area contributed by atoms with Crippen molar-refractivity contribution in [3.63, 3.8) is 0 Å². The van der Waals surface area contributed by atoms with Gasteiger partial charge in [-0.05, 0) is 17.8 Å². The lowest BCUT2D eigenvalue weighted by molar-refractivity contribution is -0.141. The molecule has 1 saturated heterocycles. The van der Waals surface area contributed by atoms with Crippen LogP contribution < -0.4 is 0 Å². The Hall–Kier alpha value is -1.84. The predicted molar refractivity (Wildman–Crippen MR) is 115 cm³/mol. The highest BCUT2D eigenvalue weighted by Gasteiger charge is 2.44. The third kappa shape index (κ3) is 8.66. The molecule has 1 aliphatic heterocycles. The van der Waals surface area contributed by atoms with Gasteiger partial charge in [0.25, 0.3) is 0 Å². The first-order valence-electron chi connectivity index (χ1n) is 11.1. The second kappa shape index (κ2) is 12.3. The van der Waals surface area contributed by atoms with E-state index in [1.54, 1.807) is 10.9 Å². The van der Waals surface area contributed by atoms with Crippen LogP contribution in [0.1, 0.15) is 53.2 Å². The van der Waals surface area contributed by atoms with E-state index in [1.165, 1.54) is 4.90 Å². The molecule has 0 aromatic carbocycles. The molecule has 31 heavy (non-hydrogen) atoms. The maximum atomic E-state index is 12.6. The highest BCUT2D eigenvalue weighted by Crippen LogP contribution is 2.35. The Kier molecular flexibility index (Phi) is 10.1. The Bertz CT molecular complexity index is 698. The summed E-state index contributed by atoms with van der Waals surface area (Å²) in [7, 11) is 0. The first-order chi connectivity index (χ1) is 14.7. The van der Waals surface area contributed by atoms with Crippen LogP contribution in [0.5, 0.6) is 0 Å². The maximum Gasteiger partial charge on any atom is 0.233 e. The molecule has 176 valence electrons. The van der Waals surface area contributed by atoms with Gasteiger partial charge in [-0.15, -0.1) is 5.10 Å². The zero-order chi connectivity index (χ0) is 22.9. The number of nitrogens with zero attached hydrogens (tertiary/aromatic N) is 4. The van der Waals surface area contributed by atoms with Gasteiger partial charge in [0, 0.05) is 13.0 Å². The lowest BCUT2D eigenvalue weighted by Gasteiger charge is -2.24. The molecular formula is C22H38N4O5. The van der Waals surface area contributed by atoms with Crippen molar-refractivity contribution >= 4 is 11.8 Å². The van der Waals surface area contributed by atoms with E-state index in [9.17, 15) is 9.59 Å². The third-order valence-electron chi connectivity index (χ3n) is 5.24. The van der Waals surface area contributed by atoms with Gasteiger partial charge in [0.15, 0.2) is 0 Å². The second-order valence-corrected chi connectivity index (χ2v) is 9.43. The van der Waals surface area contributed by atoms with Gasteiger partial charge < -0.3 is 14.2 Å². The molecule has 1 unspecified atom stereocenters. The minimum Gasteiger partial charge on any atom is -0.379 e. The fourth-order valence-electron chi connectivity index (χ4n) is 3.23. The molecule has 1 aromatic rings. The standard InChI is InChI=1S/C22H38N4O5/c1-17(2)6-8-29-10-12-31-13-11-30-9-7-25-15-18(23-24-25)16-26-20(27)14-19(21(26)28)22(3,4)5/h15,17,19H,6-14,16H2,1-5H3. The number of likely N-dealkylation sites (tertiary alicyclic amines) is 1. The van der Waals surface area contributed by atoms with Gasteiger partial charge in [-0.25, -0.2) is 4.68 Å². The molecule has 9 heteroatoms. The van der Waals surface area contributed by atoms with E-state index in [4.69, 9.17) is 14.2 Å². The number of rotatable bonds is 14. The van der Waals surface area contributed by atoms with Crippen LogP contribution in [0, 0.1) is 17.3 Å². The molecule has 1 aliphatic rings. The van der Waals surface area contributed by atoms with E-state index in [0.29, 0.717) is 51.2 Å². The number of hydrogen-bond acceptors (Lipinski definition) is 7. The van der Waals surface area contributed by atoms with Gasteiger partial charge in [0.1, 0.15) is 5.69 Å². The van der Waals surface area contributed by atoms with Gasteiger partial charge >= 0.3 is 0 Å². The van der Waals surface area contributed by atoms with Crippen LogP contribution in [0.25, 0.3) is 0 Å². The molecular weight excluding hydrogens is 400 g/mol. The summed E-state index contributed by atoms with van der Waals surface area (Å²) in [4.78, 5) is 26.1. The van der Waals surface area contributed by atoms with Crippen LogP contribution in [-0.4, -0.2) is 71.3 Å². The van der Waals surface area contributed by atoms with Crippen molar-refractivity contribution in [2.24, 2.45) is 17.3 Å². The first kappa shape index (κ1) is 25.4. The number of hydrogen-bond donors (Lipinski definition) is 0. The molecule has 1 atom stereocenters. The van der Waals surface area contributed by atoms with E-state index in [1.807, 2.05) is 20.8 Å². The van der Waals surface area contributed by atoms with E-state index >= 15 is 0 Å². The molecule has 0 N–H and O–H groups in total. The predicted octanol–water partition coefficient (Wildman–Crippen LogP) is 2.30. The van der Waals surface area contributed by atoms with E-state index < -0.39 is 0 Å². The lowest BCUT2D eigenvalue weighted by atomic mass is 9.80. The zero-order valence-electron chi connectivity index (χ0n) is 19.6. The Morgan fingerprint density at radius 1 is 1.03 bits per heavy atom. The van der Waals surface area contributed by atoms with Gasteiger partial charge in [0.2, 0.25) is 11.8 Å². The summed E-state index contributed by atoms with van der Waals surface area (Å²) in [5, 5.41) is 8.14. The minimum atomic E-state index is -0.280. The SMILES string of the molecule is CC(C)CCOCCOCCOCCn1cc(CN2C(=O)CC(C(C)(C)C)C2=O)nn1. The van der Waals surface area contributed by atoms with Crippen molar-refractivity contribution in [1.82, 2.24) is 19.9 Å². The van der Waals surface area contributed by atoms with Gasteiger partial charge in [-0.2, -0.15) is 0 Å². The summed E-state index contributed by atoms with van der Waals surface area (Å²) >= 11 is 0. The monoisotopic (exact) mass is 438 g/mol. The van der Waals surface area contributed by atoms with Crippen molar-refractivity contribution in [2.75, 3.05) is 39.6 Å². The zero-order valence-corrected chi connectivity index (χ0v) is 19.6. The highest BCUT2D eigenvalue weighted by molar-refractivity contribution is 6.03. The molecule has 9 nitrogen and oxygen atoms in total. The number of imide groups is 1. The van der Waals surface area contributed by atoms with Gasteiger partial charge in [-0.3, -0.25) is 14.5 Å². The topological polar surface area (TPSA) is 95.8 Å². The quantitative estimate of drug-likeness (QED) is 0.325. The largest absolute Gasteiger partial charge is 0.379 e. The number of amides is 2. The Morgan fingerprint density at radius 3 is 2.23 bits per heavy atom. The summed E-state index contributed by atoms with van der Waals surface area (Å²) in [6, 6.07) is 0. The third-order valence-corrected chi connectivity index (χ3v) is 5.24. The van der Waals surface area contributed by atoms with Crippen molar-refractivity contribution in [3.8, 4) is 0 Å². The summed E-state index contributed by atoms with van der Waals surface area (Å²) in [5.74, 6) is 0.104. The molecule has 0 radical (unpaired) electrons. The van der Waals surface area contributed by atoms with Crippen molar-refractivity contribution in [2.45, 2.75) is 60.5 Å². The Labute approximate surface area is 185 Å². The Morgan fingerprint density at radius 2 is 1.65 bits per heavy atom. The normalized spacial score (nSPS) is 17.4. The summed E-state index contributed by atoms with van der Waals surface area (Å²) in [6.07, 6.45) is 3.07. The van der Waals surface area contributed by atoms with Crippen LogP contribution >= 0.6 is 0 Å². The van der Waals surface area contributed by atoms with Crippen molar-refractivity contribution < 1.29 is 23.8 Å². The fourth-order valence-corrected chi connectivity index (χ4v) is 3.23. The maximum absolute atomic E-state index is 12.6. The molecule has 2 amide bonds. The lowest BCUT2D eigenvalue weighted by Crippen LogP contribution is -2.33. The van der Waals surface area contributed by atoms with Crippen LogP contribution in [0.3, 0.4) is 0 Å². The van der Waals surface area contributed by atoms with Crippen LogP contribution in [0.4, 0.5) is 0 Å². The van der Waals surface area contributed by atoms with Crippen molar-refractivity contribution in [1.29, 1.82) is 0 Å². The number of carbonyl (C=O) groups excluding carboxylic acids is 2. The molecule has 2 rings (SSSR count). The minimum absolute atomic E-state index is 0.124. The summed E-state index contributed by atoms with van der Waals surface area (Å²) in [5.41, 5.74) is 0.359. The summed E-state index contributed by atoms with van der Waals surface area (Å²) < 4.78 is 18.2. The molecule has 0 aliphatic carbocycles. The molecule has 0 spiro atoms.